The fourth-order valence-corrected chi connectivity index (χ4v) is 3.42. The van der Waals surface area contributed by atoms with Gasteiger partial charge in [0.05, 0.1) is 0 Å². The van der Waals surface area contributed by atoms with Crippen LogP contribution in [0.25, 0.3) is 0 Å². The van der Waals surface area contributed by atoms with Crippen molar-refractivity contribution in [2.24, 2.45) is 0 Å². The summed E-state index contributed by atoms with van der Waals surface area (Å²) in [7, 11) is 0. The number of rotatable bonds is 4. The zero-order valence-corrected chi connectivity index (χ0v) is 15.4. The Morgan fingerprint density at radius 3 is 1.81 bits per heavy atom. The van der Waals surface area contributed by atoms with E-state index in [-0.39, 0.29) is 0 Å². The summed E-state index contributed by atoms with van der Waals surface area (Å²) in [4.78, 5) is 0. The Balaban J connectivity index is 1.72. The van der Waals surface area contributed by atoms with Gasteiger partial charge in [-0.05, 0) is 65.6 Å². The number of aromatic hydroxyl groups is 2. The molecule has 0 radical (unpaired) electrons. The summed E-state index contributed by atoms with van der Waals surface area (Å²) in [6.45, 7) is 4.38. The molecule has 2 aromatic carbocycles. The molecule has 2 N–H and O–H groups in total. The topological polar surface area (TPSA) is 40.5 Å². The van der Waals surface area contributed by atoms with Gasteiger partial charge in [-0.15, -0.1) is 0 Å². The number of hydrogen-bond acceptors (Lipinski definition) is 2. The zero-order chi connectivity index (χ0) is 18.5. The summed E-state index contributed by atoms with van der Waals surface area (Å²) >= 11 is 0. The smallest absolute Gasteiger partial charge is 0.115 e. The molecular formula is C24H26O2. The molecule has 2 heteroatoms. The van der Waals surface area contributed by atoms with Crippen LogP contribution in [-0.4, -0.2) is 10.2 Å². The third kappa shape index (κ3) is 4.66. The van der Waals surface area contributed by atoms with Crippen molar-refractivity contribution in [2.75, 3.05) is 0 Å². The Hall–Kier alpha value is -2.74. The van der Waals surface area contributed by atoms with Crippen LogP contribution >= 0.6 is 0 Å². The lowest BCUT2D eigenvalue weighted by molar-refractivity contribution is 0.474. The van der Waals surface area contributed by atoms with Gasteiger partial charge in [-0.2, -0.15) is 0 Å². The molecule has 2 aromatic rings. The van der Waals surface area contributed by atoms with E-state index in [2.05, 4.69) is 38.2 Å². The number of hydrogen-bond donors (Lipinski definition) is 2. The van der Waals surface area contributed by atoms with Gasteiger partial charge in [-0.3, -0.25) is 0 Å². The van der Waals surface area contributed by atoms with Gasteiger partial charge in [0.25, 0.3) is 0 Å². The van der Waals surface area contributed by atoms with Crippen molar-refractivity contribution < 1.29 is 10.2 Å². The normalized spacial score (nSPS) is 19.6. The highest BCUT2D eigenvalue weighted by atomic mass is 16.3. The summed E-state index contributed by atoms with van der Waals surface area (Å²) in [6, 6.07) is 14.9. The van der Waals surface area contributed by atoms with Crippen LogP contribution < -0.4 is 0 Å². The molecule has 0 fully saturated rings. The fraction of sp³-hybridized carbons (Fsp3) is 0.250. The lowest BCUT2D eigenvalue weighted by Gasteiger charge is -2.17. The van der Waals surface area contributed by atoms with Crippen molar-refractivity contribution in [3.63, 3.8) is 0 Å². The first kappa shape index (κ1) is 18.1. The summed E-state index contributed by atoms with van der Waals surface area (Å²) in [5.74, 6) is 1.25. The van der Waals surface area contributed by atoms with E-state index in [4.69, 9.17) is 0 Å². The Morgan fingerprint density at radius 2 is 1.27 bits per heavy atom. The molecule has 1 aliphatic rings. The summed E-state index contributed by atoms with van der Waals surface area (Å²) < 4.78 is 0. The molecule has 2 unspecified atom stereocenters. The van der Waals surface area contributed by atoms with Crippen LogP contribution in [0.3, 0.4) is 0 Å². The van der Waals surface area contributed by atoms with Gasteiger partial charge in [0, 0.05) is 0 Å². The average Bonchev–Trinajstić information content (AvgIpc) is 2.63. The summed E-state index contributed by atoms with van der Waals surface area (Å²) in [5.41, 5.74) is 5.18. The highest BCUT2D eigenvalue weighted by molar-refractivity contribution is 5.38. The molecule has 134 valence electrons. The Kier molecular flexibility index (Phi) is 5.62. The largest absolute Gasteiger partial charge is 0.508 e. The summed E-state index contributed by atoms with van der Waals surface area (Å²) in [5, 5.41) is 18.9. The van der Waals surface area contributed by atoms with E-state index in [0.717, 1.165) is 12.8 Å². The molecule has 3 rings (SSSR count). The van der Waals surface area contributed by atoms with Crippen molar-refractivity contribution in [2.45, 2.75) is 38.5 Å². The van der Waals surface area contributed by atoms with E-state index in [1.54, 1.807) is 24.3 Å². The van der Waals surface area contributed by atoms with Crippen LogP contribution in [0.4, 0.5) is 0 Å². The molecule has 0 spiro atoms. The van der Waals surface area contributed by atoms with E-state index in [1.807, 2.05) is 24.3 Å². The van der Waals surface area contributed by atoms with E-state index in [9.17, 15) is 10.2 Å². The van der Waals surface area contributed by atoms with E-state index >= 15 is 0 Å². The third-order valence-electron chi connectivity index (χ3n) is 4.93. The Labute approximate surface area is 155 Å². The maximum absolute atomic E-state index is 9.44. The van der Waals surface area contributed by atoms with Gasteiger partial charge in [-0.1, -0.05) is 68.0 Å². The second kappa shape index (κ2) is 8.09. The maximum Gasteiger partial charge on any atom is 0.115 e. The average molecular weight is 346 g/mol. The Bertz CT molecular complexity index is 824. The molecule has 0 saturated carbocycles. The van der Waals surface area contributed by atoms with E-state index in [0.29, 0.717) is 23.3 Å². The van der Waals surface area contributed by atoms with Crippen molar-refractivity contribution in [3.05, 3.63) is 95.1 Å². The molecule has 0 amide bonds. The van der Waals surface area contributed by atoms with Gasteiger partial charge in [0.1, 0.15) is 11.5 Å². The van der Waals surface area contributed by atoms with Gasteiger partial charge in [0.15, 0.2) is 0 Å². The van der Waals surface area contributed by atoms with Gasteiger partial charge < -0.3 is 10.2 Å². The zero-order valence-electron chi connectivity index (χ0n) is 15.4. The van der Waals surface area contributed by atoms with Crippen LogP contribution in [0.2, 0.25) is 0 Å². The third-order valence-corrected chi connectivity index (χ3v) is 4.93. The minimum atomic E-state index is 0.305. The van der Waals surface area contributed by atoms with Crippen molar-refractivity contribution in [1.29, 1.82) is 0 Å². The van der Waals surface area contributed by atoms with Gasteiger partial charge in [0.2, 0.25) is 0 Å². The predicted molar refractivity (Wildman–Crippen MR) is 108 cm³/mol. The quantitative estimate of drug-likeness (QED) is 0.646. The van der Waals surface area contributed by atoms with Crippen LogP contribution in [0.5, 0.6) is 11.5 Å². The second-order valence-electron chi connectivity index (χ2n) is 7.11. The van der Waals surface area contributed by atoms with Crippen LogP contribution in [0.15, 0.2) is 84.0 Å². The fourth-order valence-electron chi connectivity index (χ4n) is 3.42. The molecule has 0 aromatic heterocycles. The number of benzene rings is 2. The molecule has 0 bridgehead atoms. The molecular weight excluding hydrogens is 320 g/mol. The van der Waals surface area contributed by atoms with Crippen molar-refractivity contribution in [3.8, 4) is 11.5 Å². The highest BCUT2D eigenvalue weighted by Gasteiger charge is 2.11. The predicted octanol–water partition coefficient (Wildman–Crippen LogP) is 6.21. The standard InChI is InChI=1S/C24H26O2/c1-17(21-6-10-23(25)11-7-21)14-19-4-3-5-20(16-19)15-18(2)22-8-12-24(26)13-9-22/h3-4,6-15,17-18,25-26H,5,16H2,1-2H3/b19-14-,20-15+. The van der Waals surface area contributed by atoms with E-state index < -0.39 is 0 Å². The monoisotopic (exact) mass is 346 g/mol. The first-order chi connectivity index (χ1) is 12.5. The maximum atomic E-state index is 9.44. The first-order valence-electron chi connectivity index (χ1n) is 9.16. The molecule has 26 heavy (non-hydrogen) atoms. The molecule has 2 atom stereocenters. The molecule has 0 heterocycles. The van der Waals surface area contributed by atoms with E-state index in [1.165, 1.54) is 22.3 Å². The lowest BCUT2D eigenvalue weighted by Crippen LogP contribution is -1.98. The van der Waals surface area contributed by atoms with Crippen LogP contribution in [-0.2, 0) is 0 Å². The minimum absolute atomic E-state index is 0.305. The van der Waals surface area contributed by atoms with Gasteiger partial charge in [-0.25, -0.2) is 0 Å². The SMILES string of the molecule is CC(/C=C1/C=CC/C(=C\C(C)c2ccc(O)cc2)C1)c1ccc(O)cc1. The molecule has 1 aliphatic carbocycles. The van der Waals surface area contributed by atoms with Gasteiger partial charge >= 0.3 is 0 Å². The first-order valence-corrected chi connectivity index (χ1v) is 9.16. The lowest BCUT2D eigenvalue weighted by atomic mass is 9.88. The second-order valence-corrected chi connectivity index (χ2v) is 7.11. The van der Waals surface area contributed by atoms with Crippen molar-refractivity contribution in [1.82, 2.24) is 0 Å². The minimum Gasteiger partial charge on any atom is -0.508 e. The molecule has 0 aliphatic heterocycles. The van der Waals surface area contributed by atoms with Crippen LogP contribution in [0.1, 0.15) is 49.7 Å². The van der Waals surface area contributed by atoms with Crippen molar-refractivity contribution >= 4 is 0 Å². The van der Waals surface area contributed by atoms with Crippen LogP contribution in [0, 0.1) is 0 Å². The highest BCUT2D eigenvalue weighted by Crippen LogP contribution is 2.30. The summed E-state index contributed by atoms with van der Waals surface area (Å²) in [6.07, 6.45) is 11.1. The molecule has 0 saturated heterocycles. The number of phenolic OH excluding ortho intramolecular Hbond substituents is 2. The number of allylic oxidation sites excluding steroid dienone is 6. The number of phenols is 2. The molecule has 2 nitrogen and oxygen atoms in total. The Morgan fingerprint density at radius 1 is 0.769 bits per heavy atom.